The zero-order valence-corrected chi connectivity index (χ0v) is 14.7. The van der Waals surface area contributed by atoms with Crippen molar-refractivity contribution in [2.45, 2.75) is 17.9 Å². The molecular formula is C15H22N2O6S. The SMILES string of the molecule is COc1ccc(OC)c(S(=O)(=O)N2CCN(C(C)C(=O)O)CC2)c1. The van der Waals surface area contributed by atoms with E-state index in [-0.39, 0.29) is 23.7 Å². The Labute approximate surface area is 141 Å². The number of sulfonamides is 1. The van der Waals surface area contributed by atoms with Crippen molar-refractivity contribution in [2.24, 2.45) is 0 Å². The molecule has 2 rings (SSSR count). The number of carboxylic acids is 1. The van der Waals surface area contributed by atoms with Gasteiger partial charge in [-0.3, -0.25) is 9.69 Å². The van der Waals surface area contributed by atoms with Gasteiger partial charge in [0.2, 0.25) is 10.0 Å². The minimum absolute atomic E-state index is 0.0454. The number of ether oxygens (including phenoxy) is 2. The molecule has 1 unspecified atom stereocenters. The molecule has 1 saturated heterocycles. The summed E-state index contributed by atoms with van der Waals surface area (Å²) in [5.41, 5.74) is 0. The second-order valence-corrected chi connectivity index (χ2v) is 7.38. The van der Waals surface area contributed by atoms with Crippen molar-refractivity contribution in [1.29, 1.82) is 0 Å². The molecule has 1 heterocycles. The van der Waals surface area contributed by atoms with Gasteiger partial charge in [-0.1, -0.05) is 0 Å². The maximum Gasteiger partial charge on any atom is 0.320 e. The Morgan fingerprint density at radius 2 is 1.79 bits per heavy atom. The van der Waals surface area contributed by atoms with Crippen LogP contribution < -0.4 is 9.47 Å². The minimum Gasteiger partial charge on any atom is -0.497 e. The van der Waals surface area contributed by atoms with Crippen molar-refractivity contribution >= 4 is 16.0 Å². The fraction of sp³-hybridized carbons (Fsp3) is 0.533. The molecule has 9 heteroatoms. The number of benzene rings is 1. The fourth-order valence-electron chi connectivity index (χ4n) is 2.61. The molecule has 1 aromatic rings. The topological polar surface area (TPSA) is 96.4 Å². The van der Waals surface area contributed by atoms with E-state index < -0.39 is 22.0 Å². The van der Waals surface area contributed by atoms with Gasteiger partial charge in [-0.2, -0.15) is 4.31 Å². The predicted octanol–water partition coefficient (Wildman–Crippen LogP) is 0.483. The van der Waals surface area contributed by atoms with Gasteiger partial charge in [0.25, 0.3) is 0 Å². The molecule has 0 radical (unpaired) electrons. The lowest BCUT2D eigenvalue weighted by Crippen LogP contribution is -2.53. The Morgan fingerprint density at radius 1 is 1.17 bits per heavy atom. The highest BCUT2D eigenvalue weighted by Gasteiger charge is 2.33. The van der Waals surface area contributed by atoms with Crippen LogP contribution in [0.1, 0.15) is 6.92 Å². The van der Waals surface area contributed by atoms with Crippen LogP contribution in [-0.2, 0) is 14.8 Å². The molecular weight excluding hydrogens is 336 g/mol. The van der Waals surface area contributed by atoms with Crippen molar-refractivity contribution in [3.8, 4) is 11.5 Å². The van der Waals surface area contributed by atoms with E-state index in [1.807, 2.05) is 0 Å². The van der Waals surface area contributed by atoms with Gasteiger partial charge in [-0.05, 0) is 19.1 Å². The number of carbonyl (C=O) groups is 1. The molecule has 24 heavy (non-hydrogen) atoms. The van der Waals surface area contributed by atoms with Crippen molar-refractivity contribution in [2.75, 3.05) is 40.4 Å². The molecule has 1 aliphatic rings. The predicted molar refractivity (Wildman–Crippen MR) is 87.0 cm³/mol. The summed E-state index contributed by atoms with van der Waals surface area (Å²) >= 11 is 0. The average Bonchev–Trinajstić information content (AvgIpc) is 2.60. The summed E-state index contributed by atoms with van der Waals surface area (Å²) in [6.07, 6.45) is 0. The normalized spacial score (nSPS) is 18.1. The lowest BCUT2D eigenvalue weighted by atomic mass is 10.2. The molecule has 1 aliphatic heterocycles. The number of methoxy groups -OCH3 is 2. The van der Waals surface area contributed by atoms with Crippen LogP contribution in [-0.4, -0.2) is 75.1 Å². The van der Waals surface area contributed by atoms with Crippen LogP contribution in [0.5, 0.6) is 11.5 Å². The highest BCUT2D eigenvalue weighted by atomic mass is 32.2. The Balaban J connectivity index is 2.22. The number of hydrogen-bond acceptors (Lipinski definition) is 6. The molecule has 0 saturated carbocycles. The molecule has 134 valence electrons. The summed E-state index contributed by atoms with van der Waals surface area (Å²) in [7, 11) is -0.880. The van der Waals surface area contributed by atoms with E-state index in [1.165, 1.54) is 24.6 Å². The van der Waals surface area contributed by atoms with Gasteiger partial charge in [0, 0.05) is 32.2 Å². The molecule has 8 nitrogen and oxygen atoms in total. The smallest absolute Gasteiger partial charge is 0.320 e. The monoisotopic (exact) mass is 358 g/mol. The molecule has 0 bridgehead atoms. The average molecular weight is 358 g/mol. The molecule has 1 fully saturated rings. The van der Waals surface area contributed by atoms with E-state index in [0.29, 0.717) is 18.8 Å². The van der Waals surface area contributed by atoms with Gasteiger partial charge < -0.3 is 14.6 Å². The Bertz CT molecular complexity index is 698. The van der Waals surface area contributed by atoms with Crippen LogP contribution >= 0.6 is 0 Å². The second kappa shape index (κ2) is 7.37. The van der Waals surface area contributed by atoms with E-state index in [0.717, 1.165) is 0 Å². The highest BCUT2D eigenvalue weighted by Crippen LogP contribution is 2.31. The van der Waals surface area contributed by atoms with E-state index in [1.54, 1.807) is 24.0 Å². The molecule has 1 N–H and O–H groups in total. The second-order valence-electron chi connectivity index (χ2n) is 5.47. The van der Waals surface area contributed by atoms with Crippen LogP contribution in [0.15, 0.2) is 23.1 Å². The summed E-state index contributed by atoms with van der Waals surface area (Å²) in [6.45, 7) is 2.76. The number of aliphatic carboxylic acids is 1. The molecule has 0 spiro atoms. The Hall–Kier alpha value is -1.84. The third-order valence-electron chi connectivity index (χ3n) is 4.17. The van der Waals surface area contributed by atoms with Crippen molar-refractivity contribution < 1.29 is 27.8 Å². The van der Waals surface area contributed by atoms with Crippen molar-refractivity contribution in [1.82, 2.24) is 9.21 Å². The van der Waals surface area contributed by atoms with Gasteiger partial charge in [-0.15, -0.1) is 0 Å². The number of carboxylic acid groups (broad SMARTS) is 1. The molecule has 0 aliphatic carbocycles. The van der Waals surface area contributed by atoms with E-state index in [2.05, 4.69) is 0 Å². The quantitative estimate of drug-likeness (QED) is 0.790. The van der Waals surface area contributed by atoms with Crippen molar-refractivity contribution in [3.63, 3.8) is 0 Å². The third kappa shape index (κ3) is 3.63. The van der Waals surface area contributed by atoms with Gasteiger partial charge in [0.15, 0.2) is 0 Å². The fourth-order valence-corrected chi connectivity index (χ4v) is 4.20. The summed E-state index contributed by atoms with van der Waals surface area (Å²) in [5.74, 6) is -0.245. The number of hydrogen-bond donors (Lipinski definition) is 1. The van der Waals surface area contributed by atoms with Gasteiger partial charge >= 0.3 is 5.97 Å². The molecule has 0 amide bonds. The van der Waals surface area contributed by atoms with E-state index in [4.69, 9.17) is 14.6 Å². The number of piperazine rings is 1. The van der Waals surface area contributed by atoms with Gasteiger partial charge in [0.1, 0.15) is 22.4 Å². The first-order chi connectivity index (χ1) is 11.3. The van der Waals surface area contributed by atoms with E-state index >= 15 is 0 Å². The third-order valence-corrected chi connectivity index (χ3v) is 6.09. The number of nitrogens with zero attached hydrogens (tertiary/aromatic N) is 2. The van der Waals surface area contributed by atoms with Crippen LogP contribution in [0.25, 0.3) is 0 Å². The number of rotatable bonds is 6. The van der Waals surface area contributed by atoms with Crippen molar-refractivity contribution in [3.05, 3.63) is 18.2 Å². The molecule has 1 aromatic carbocycles. The van der Waals surface area contributed by atoms with Crippen LogP contribution in [0.3, 0.4) is 0 Å². The lowest BCUT2D eigenvalue weighted by Gasteiger charge is -2.36. The maximum atomic E-state index is 12.9. The van der Waals surface area contributed by atoms with Crippen LogP contribution in [0, 0.1) is 0 Å². The zero-order chi connectivity index (χ0) is 17.9. The van der Waals surface area contributed by atoms with E-state index in [9.17, 15) is 13.2 Å². The summed E-state index contributed by atoms with van der Waals surface area (Å²) in [5, 5.41) is 9.06. The standard InChI is InChI=1S/C15H22N2O6S/c1-11(15(18)19)16-6-8-17(9-7-16)24(20,21)14-10-12(22-2)4-5-13(14)23-3/h4-5,10-11H,6-9H2,1-3H3,(H,18,19). The maximum absolute atomic E-state index is 12.9. The van der Waals surface area contributed by atoms with Gasteiger partial charge in [-0.25, -0.2) is 8.42 Å². The zero-order valence-electron chi connectivity index (χ0n) is 13.9. The van der Waals surface area contributed by atoms with Crippen LogP contribution in [0.2, 0.25) is 0 Å². The first kappa shape index (κ1) is 18.5. The highest BCUT2D eigenvalue weighted by molar-refractivity contribution is 7.89. The summed E-state index contributed by atoms with van der Waals surface area (Å²) < 4.78 is 37.4. The largest absolute Gasteiger partial charge is 0.497 e. The summed E-state index contributed by atoms with van der Waals surface area (Å²) in [6, 6.07) is 3.97. The van der Waals surface area contributed by atoms with Crippen LogP contribution in [0.4, 0.5) is 0 Å². The lowest BCUT2D eigenvalue weighted by molar-refractivity contribution is -0.143. The van der Waals surface area contributed by atoms with Gasteiger partial charge in [0.05, 0.1) is 14.2 Å². The molecule has 0 aromatic heterocycles. The molecule has 1 atom stereocenters. The summed E-state index contributed by atoms with van der Waals surface area (Å²) in [4.78, 5) is 12.8. The first-order valence-electron chi connectivity index (χ1n) is 7.50. The minimum atomic E-state index is -3.75. The Morgan fingerprint density at radius 3 is 2.29 bits per heavy atom. The Kier molecular flexibility index (Phi) is 5.68. The first-order valence-corrected chi connectivity index (χ1v) is 8.94.